The average molecular weight is 541 g/mol. The topological polar surface area (TPSA) is 84.6 Å². The molecule has 0 spiro atoms. The van der Waals surface area contributed by atoms with Gasteiger partial charge in [-0.1, -0.05) is 12.1 Å². The molecule has 0 radical (unpaired) electrons. The second kappa shape index (κ2) is 10.7. The predicted molar refractivity (Wildman–Crippen MR) is 160 cm³/mol. The number of amides is 1. The third kappa shape index (κ3) is 5.04. The van der Waals surface area contributed by atoms with E-state index in [1.807, 2.05) is 89.9 Å². The third-order valence-electron chi connectivity index (χ3n) is 7.24. The highest BCUT2D eigenvalue weighted by Crippen LogP contribution is 2.31. The maximum Gasteiger partial charge on any atom is 0.251 e. The van der Waals surface area contributed by atoms with Gasteiger partial charge in [0.2, 0.25) is 0 Å². The van der Waals surface area contributed by atoms with Gasteiger partial charge in [-0.3, -0.25) is 14.5 Å². The molecule has 41 heavy (non-hydrogen) atoms. The van der Waals surface area contributed by atoms with Crippen LogP contribution in [0.25, 0.3) is 22.6 Å². The van der Waals surface area contributed by atoms with Crippen LogP contribution in [-0.4, -0.2) is 26.6 Å². The Morgan fingerprint density at radius 1 is 0.927 bits per heavy atom. The highest BCUT2D eigenvalue weighted by molar-refractivity contribution is 5.94. The van der Waals surface area contributed by atoms with E-state index in [1.54, 1.807) is 6.20 Å². The van der Waals surface area contributed by atoms with Crippen LogP contribution in [0.2, 0.25) is 0 Å². The van der Waals surface area contributed by atoms with E-state index in [-0.39, 0.29) is 5.91 Å². The number of nitrogens with zero attached hydrogens (tertiary/aromatic N) is 3. The quantitative estimate of drug-likeness (QED) is 0.235. The summed E-state index contributed by atoms with van der Waals surface area (Å²) in [6.07, 6.45) is 7.77. The summed E-state index contributed by atoms with van der Waals surface area (Å²) >= 11 is 0. The lowest BCUT2D eigenvalue weighted by Crippen LogP contribution is -2.25. The fourth-order valence-electron chi connectivity index (χ4n) is 5.16. The predicted octanol–water partition coefficient (Wildman–Crippen LogP) is 5.91. The summed E-state index contributed by atoms with van der Waals surface area (Å²) in [4.78, 5) is 17.4. The third-order valence-corrected chi connectivity index (χ3v) is 7.24. The lowest BCUT2D eigenvalue weighted by molar-refractivity contribution is 0.0951. The molecule has 7 rings (SSSR count). The molecule has 1 aliphatic rings. The van der Waals surface area contributed by atoms with Gasteiger partial charge in [0.15, 0.2) is 5.65 Å². The Morgan fingerprint density at radius 2 is 1.80 bits per heavy atom. The first-order chi connectivity index (χ1) is 20.2. The normalized spacial score (nSPS) is 12.5. The van der Waals surface area contributed by atoms with E-state index in [0.29, 0.717) is 18.8 Å². The first-order valence-electron chi connectivity index (χ1n) is 13.5. The second-order valence-corrected chi connectivity index (χ2v) is 9.94. The van der Waals surface area contributed by atoms with Crippen LogP contribution in [-0.2, 0) is 13.1 Å². The fraction of sp³-hybridized carbons (Fsp3) is 0.0909. The van der Waals surface area contributed by atoms with Gasteiger partial charge in [-0.2, -0.15) is 0 Å². The molecule has 0 bridgehead atoms. The highest BCUT2D eigenvalue weighted by atomic mass is 16.5. The molecule has 0 atom stereocenters. The first kappa shape index (κ1) is 24.7. The molecule has 0 unspecified atom stereocenters. The number of fused-ring (bicyclic) bond motifs is 2. The molecule has 8 heteroatoms. The summed E-state index contributed by atoms with van der Waals surface area (Å²) in [5, 5.41) is 9.73. The standard InChI is InChI=1S/C33H28N6O2/c40-33(36-20-23-4-3-5-28(18-23)38-15-1-2-16-38)24-6-9-27(10-7-24)37-29-11-12-30(39-17-14-35-32(29)39)25-8-13-31-26(19-25)21-34-22-41-31/h1-19,34,37H,20-22H2,(H,36,40). The van der Waals surface area contributed by atoms with E-state index in [4.69, 9.17) is 4.74 Å². The summed E-state index contributed by atoms with van der Waals surface area (Å²) in [5.41, 5.74) is 8.54. The van der Waals surface area contributed by atoms with E-state index >= 15 is 0 Å². The molecule has 202 valence electrons. The Bertz CT molecular complexity index is 1840. The fourth-order valence-corrected chi connectivity index (χ4v) is 5.16. The van der Waals surface area contributed by atoms with Crippen molar-refractivity contribution in [2.75, 3.05) is 12.0 Å². The molecule has 0 aliphatic carbocycles. The van der Waals surface area contributed by atoms with Crippen molar-refractivity contribution in [2.24, 2.45) is 0 Å². The summed E-state index contributed by atoms with van der Waals surface area (Å²) in [6, 6.07) is 30.0. The van der Waals surface area contributed by atoms with Crippen LogP contribution in [0.5, 0.6) is 5.75 Å². The lowest BCUT2D eigenvalue weighted by atomic mass is 10.1. The minimum atomic E-state index is -0.117. The number of ether oxygens (including phenoxy) is 1. The van der Waals surface area contributed by atoms with Crippen molar-refractivity contribution in [1.82, 2.24) is 24.6 Å². The van der Waals surface area contributed by atoms with Gasteiger partial charge in [0.25, 0.3) is 5.91 Å². The number of hydrogen-bond acceptors (Lipinski definition) is 5. The zero-order valence-corrected chi connectivity index (χ0v) is 22.2. The smallest absolute Gasteiger partial charge is 0.251 e. The van der Waals surface area contributed by atoms with Gasteiger partial charge in [-0.15, -0.1) is 0 Å². The van der Waals surface area contributed by atoms with Crippen LogP contribution in [0.3, 0.4) is 0 Å². The Labute approximate surface area is 237 Å². The number of nitrogens with one attached hydrogen (secondary N) is 3. The molecule has 6 aromatic rings. The number of pyridine rings is 1. The Morgan fingerprint density at radius 3 is 2.68 bits per heavy atom. The Kier molecular flexibility index (Phi) is 6.42. The number of aromatic nitrogens is 3. The molecular formula is C33H28N6O2. The molecule has 3 aromatic carbocycles. The molecule has 1 aliphatic heterocycles. The molecular weight excluding hydrogens is 512 g/mol. The zero-order valence-electron chi connectivity index (χ0n) is 22.2. The van der Waals surface area contributed by atoms with Crippen molar-refractivity contribution in [3.05, 3.63) is 132 Å². The van der Waals surface area contributed by atoms with Gasteiger partial charge >= 0.3 is 0 Å². The van der Waals surface area contributed by atoms with Crippen LogP contribution in [0.1, 0.15) is 21.5 Å². The van der Waals surface area contributed by atoms with E-state index in [1.165, 1.54) is 0 Å². The molecule has 8 nitrogen and oxygen atoms in total. The van der Waals surface area contributed by atoms with Crippen LogP contribution in [0.15, 0.2) is 116 Å². The number of anilines is 2. The SMILES string of the molecule is O=C(NCc1cccc(-n2cccc2)c1)c1ccc(Nc2ccc(-c3ccc4c(c3)CNCO4)n3ccnc23)cc1. The number of benzene rings is 3. The van der Waals surface area contributed by atoms with E-state index in [9.17, 15) is 4.79 Å². The molecule has 0 saturated carbocycles. The van der Waals surface area contributed by atoms with Gasteiger partial charge < -0.3 is 19.9 Å². The minimum absolute atomic E-state index is 0.117. The molecule has 0 saturated heterocycles. The number of carbonyl (C=O) groups excluding carboxylic acids is 1. The maximum atomic E-state index is 12.8. The van der Waals surface area contributed by atoms with Crippen LogP contribution in [0, 0.1) is 0 Å². The summed E-state index contributed by atoms with van der Waals surface area (Å²) in [5.74, 6) is 0.806. The van der Waals surface area contributed by atoms with Crippen molar-refractivity contribution in [2.45, 2.75) is 13.1 Å². The maximum absolute atomic E-state index is 12.8. The van der Waals surface area contributed by atoms with Gasteiger partial charge in [-0.05, 0) is 90.0 Å². The van der Waals surface area contributed by atoms with Crippen molar-refractivity contribution in [3.63, 3.8) is 0 Å². The summed E-state index contributed by atoms with van der Waals surface area (Å²) in [7, 11) is 0. The molecule has 1 amide bonds. The Hall–Kier alpha value is -5.34. The lowest BCUT2D eigenvalue weighted by Gasteiger charge is -2.19. The molecule has 4 heterocycles. The average Bonchev–Trinajstić information content (AvgIpc) is 3.74. The molecule has 3 N–H and O–H groups in total. The largest absolute Gasteiger partial charge is 0.478 e. The Balaban J connectivity index is 1.04. The molecule has 0 fully saturated rings. The van der Waals surface area contributed by atoms with Crippen molar-refractivity contribution in [1.29, 1.82) is 0 Å². The number of hydrogen-bond donors (Lipinski definition) is 3. The number of carbonyl (C=O) groups is 1. The van der Waals surface area contributed by atoms with Gasteiger partial charge in [-0.25, -0.2) is 4.98 Å². The van der Waals surface area contributed by atoms with E-state index in [0.717, 1.165) is 57.4 Å². The van der Waals surface area contributed by atoms with Gasteiger partial charge in [0.05, 0.1) is 11.4 Å². The van der Waals surface area contributed by atoms with Crippen molar-refractivity contribution < 1.29 is 9.53 Å². The van der Waals surface area contributed by atoms with Gasteiger partial charge in [0, 0.05) is 60.4 Å². The summed E-state index contributed by atoms with van der Waals surface area (Å²) < 4.78 is 9.80. The number of rotatable bonds is 7. The van der Waals surface area contributed by atoms with Crippen LogP contribution >= 0.6 is 0 Å². The summed E-state index contributed by atoms with van der Waals surface area (Å²) in [6.45, 7) is 1.77. The number of imidazole rings is 1. The van der Waals surface area contributed by atoms with Crippen LogP contribution in [0.4, 0.5) is 11.4 Å². The highest BCUT2D eigenvalue weighted by Gasteiger charge is 2.14. The van der Waals surface area contributed by atoms with Crippen molar-refractivity contribution in [3.8, 4) is 22.7 Å². The first-order valence-corrected chi connectivity index (χ1v) is 13.5. The van der Waals surface area contributed by atoms with E-state index < -0.39 is 0 Å². The van der Waals surface area contributed by atoms with Gasteiger partial charge in [0.1, 0.15) is 12.5 Å². The minimum Gasteiger partial charge on any atom is -0.478 e. The molecule has 3 aromatic heterocycles. The zero-order chi connectivity index (χ0) is 27.6. The second-order valence-electron chi connectivity index (χ2n) is 9.94. The van der Waals surface area contributed by atoms with Crippen LogP contribution < -0.4 is 20.7 Å². The monoisotopic (exact) mass is 540 g/mol. The van der Waals surface area contributed by atoms with E-state index in [2.05, 4.69) is 49.6 Å². The van der Waals surface area contributed by atoms with Crippen molar-refractivity contribution >= 4 is 22.9 Å².